The average molecular weight is 182 g/mol. The molecule has 0 amide bonds. The van der Waals surface area contributed by atoms with Crippen molar-refractivity contribution in [3.63, 3.8) is 0 Å². The number of aliphatic hydroxyl groups is 1. The van der Waals surface area contributed by atoms with E-state index in [1.807, 2.05) is 6.92 Å². The predicted molar refractivity (Wildman–Crippen MR) is 52.2 cm³/mol. The maximum Gasteiger partial charge on any atom is 0.0591 e. The summed E-state index contributed by atoms with van der Waals surface area (Å²) in [6, 6.07) is 0. The lowest BCUT2D eigenvalue weighted by molar-refractivity contribution is 0.0746. The molecule has 2 nitrogen and oxygen atoms in total. The van der Waals surface area contributed by atoms with Gasteiger partial charge in [-0.2, -0.15) is 0 Å². The van der Waals surface area contributed by atoms with Crippen molar-refractivity contribution >= 4 is 0 Å². The highest BCUT2D eigenvalue weighted by atomic mass is 16.5. The van der Waals surface area contributed by atoms with E-state index in [0.29, 0.717) is 18.6 Å². The van der Waals surface area contributed by atoms with E-state index < -0.39 is 0 Å². The van der Waals surface area contributed by atoms with Gasteiger partial charge in [-0.1, -0.05) is 0 Å². The highest BCUT2D eigenvalue weighted by Gasteiger charge is 2.27. The van der Waals surface area contributed by atoms with Gasteiger partial charge in [0, 0.05) is 12.3 Å². The Balaban J connectivity index is 2.16. The van der Waals surface area contributed by atoms with Crippen LogP contribution in [0.4, 0.5) is 0 Å². The van der Waals surface area contributed by atoms with Gasteiger partial charge in [0.05, 0.1) is 18.8 Å². The van der Waals surface area contributed by atoms with Crippen molar-refractivity contribution in [3.8, 4) is 12.3 Å². The Kier molecular flexibility index (Phi) is 4.27. The minimum absolute atomic E-state index is 0.224. The third-order valence-corrected chi connectivity index (χ3v) is 2.59. The molecular formula is C11H18O2. The second kappa shape index (κ2) is 5.26. The van der Waals surface area contributed by atoms with Gasteiger partial charge in [0.15, 0.2) is 0 Å². The fourth-order valence-electron chi connectivity index (χ4n) is 1.77. The molecule has 1 aliphatic rings. The molecule has 13 heavy (non-hydrogen) atoms. The maximum atomic E-state index is 9.74. The summed E-state index contributed by atoms with van der Waals surface area (Å²) in [5, 5.41) is 9.74. The van der Waals surface area contributed by atoms with Gasteiger partial charge in [-0.25, -0.2) is 0 Å². The van der Waals surface area contributed by atoms with Gasteiger partial charge in [-0.15, -0.1) is 12.3 Å². The van der Waals surface area contributed by atoms with E-state index in [2.05, 4.69) is 5.92 Å². The summed E-state index contributed by atoms with van der Waals surface area (Å²) < 4.78 is 5.39. The third-order valence-electron chi connectivity index (χ3n) is 2.59. The van der Waals surface area contributed by atoms with Gasteiger partial charge in [0.1, 0.15) is 0 Å². The summed E-state index contributed by atoms with van der Waals surface area (Å²) in [6.07, 6.45) is 8.70. The van der Waals surface area contributed by atoms with Crippen molar-refractivity contribution in [1.82, 2.24) is 0 Å². The zero-order chi connectivity index (χ0) is 9.68. The molecule has 3 unspecified atom stereocenters. The molecule has 0 aromatic heterocycles. The molecule has 1 aliphatic heterocycles. The third kappa shape index (κ3) is 3.38. The predicted octanol–water partition coefficient (Wildman–Crippen LogP) is 1.58. The maximum absolute atomic E-state index is 9.74. The molecule has 1 rings (SSSR count). The van der Waals surface area contributed by atoms with Crippen LogP contribution in [-0.2, 0) is 4.74 Å². The van der Waals surface area contributed by atoms with Gasteiger partial charge in [-0.05, 0) is 26.2 Å². The van der Waals surface area contributed by atoms with Gasteiger partial charge in [0.2, 0.25) is 0 Å². The van der Waals surface area contributed by atoms with E-state index in [1.54, 1.807) is 0 Å². The molecule has 74 valence electrons. The topological polar surface area (TPSA) is 29.5 Å². The van der Waals surface area contributed by atoms with Gasteiger partial charge in [0.25, 0.3) is 0 Å². The Morgan fingerprint density at radius 3 is 3.00 bits per heavy atom. The van der Waals surface area contributed by atoms with Gasteiger partial charge in [-0.3, -0.25) is 0 Å². The molecule has 0 aliphatic carbocycles. The molecule has 1 N–H and O–H groups in total. The number of terminal acetylenes is 1. The Bertz CT molecular complexity index is 183. The van der Waals surface area contributed by atoms with Gasteiger partial charge < -0.3 is 9.84 Å². The zero-order valence-corrected chi connectivity index (χ0v) is 8.20. The standard InChI is InChI=1S/C11H18O2/c1-3-4-5-6-11(12)10-7-9(2)13-8-10/h1,9-12H,4-8H2,2H3. The smallest absolute Gasteiger partial charge is 0.0591 e. The first-order valence-electron chi connectivity index (χ1n) is 4.97. The van der Waals surface area contributed by atoms with Gasteiger partial charge >= 0.3 is 0 Å². The lowest BCUT2D eigenvalue weighted by atomic mass is 9.95. The van der Waals surface area contributed by atoms with E-state index in [0.717, 1.165) is 25.7 Å². The second-order valence-electron chi connectivity index (χ2n) is 3.80. The van der Waals surface area contributed by atoms with E-state index in [-0.39, 0.29) is 6.10 Å². The van der Waals surface area contributed by atoms with Crippen LogP contribution in [0.25, 0.3) is 0 Å². The summed E-state index contributed by atoms with van der Waals surface area (Å²) >= 11 is 0. The van der Waals surface area contributed by atoms with Crippen molar-refractivity contribution in [2.45, 2.75) is 44.8 Å². The Morgan fingerprint density at radius 2 is 2.46 bits per heavy atom. The molecule has 0 spiro atoms. The average Bonchev–Trinajstić information content (AvgIpc) is 2.52. The fraction of sp³-hybridized carbons (Fsp3) is 0.818. The first kappa shape index (κ1) is 10.6. The molecule has 1 heterocycles. The lowest BCUT2D eigenvalue weighted by Crippen LogP contribution is -2.20. The Labute approximate surface area is 80.3 Å². The van der Waals surface area contributed by atoms with Crippen molar-refractivity contribution in [2.24, 2.45) is 5.92 Å². The number of unbranched alkanes of at least 4 members (excludes halogenated alkanes) is 1. The van der Waals surface area contributed by atoms with Crippen LogP contribution in [0.3, 0.4) is 0 Å². The van der Waals surface area contributed by atoms with Crippen molar-refractivity contribution in [2.75, 3.05) is 6.61 Å². The van der Waals surface area contributed by atoms with Crippen LogP contribution in [0.2, 0.25) is 0 Å². The fourth-order valence-corrected chi connectivity index (χ4v) is 1.77. The zero-order valence-electron chi connectivity index (χ0n) is 8.20. The number of ether oxygens (including phenoxy) is 1. The largest absolute Gasteiger partial charge is 0.393 e. The summed E-state index contributed by atoms with van der Waals surface area (Å²) in [7, 11) is 0. The molecular weight excluding hydrogens is 164 g/mol. The monoisotopic (exact) mass is 182 g/mol. The lowest BCUT2D eigenvalue weighted by Gasteiger charge is -2.15. The highest BCUT2D eigenvalue weighted by Crippen LogP contribution is 2.24. The van der Waals surface area contributed by atoms with Crippen molar-refractivity contribution in [1.29, 1.82) is 0 Å². The van der Waals surface area contributed by atoms with Crippen LogP contribution in [-0.4, -0.2) is 23.9 Å². The minimum Gasteiger partial charge on any atom is -0.393 e. The molecule has 1 saturated heterocycles. The van der Waals surface area contributed by atoms with Crippen LogP contribution in [0.5, 0.6) is 0 Å². The van der Waals surface area contributed by atoms with E-state index >= 15 is 0 Å². The molecule has 1 fully saturated rings. The number of aliphatic hydroxyl groups excluding tert-OH is 1. The summed E-state index contributed by atoms with van der Waals surface area (Å²) in [4.78, 5) is 0. The van der Waals surface area contributed by atoms with E-state index in [1.165, 1.54) is 0 Å². The van der Waals surface area contributed by atoms with Crippen LogP contribution in [0, 0.1) is 18.3 Å². The molecule has 0 aromatic carbocycles. The summed E-state index contributed by atoms with van der Waals surface area (Å²) in [5.74, 6) is 2.91. The molecule has 0 radical (unpaired) electrons. The first-order chi connectivity index (χ1) is 6.24. The molecule has 3 atom stereocenters. The van der Waals surface area contributed by atoms with Crippen LogP contribution in [0.1, 0.15) is 32.6 Å². The molecule has 0 saturated carbocycles. The molecule has 0 aromatic rings. The van der Waals surface area contributed by atoms with Crippen LogP contribution >= 0.6 is 0 Å². The molecule has 2 heteroatoms. The highest BCUT2D eigenvalue weighted by molar-refractivity contribution is 4.84. The van der Waals surface area contributed by atoms with Crippen molar-refractivity contribution in [3.05, 3.63) is 0 Å². The normalized spacial score (nSPS) is 29.9. The minimum atomic E-state index is -0.224. The van der Waals surface area contributed by atoms with Crippen molar-refractivity contribution < 1.29 is 9.84 Å². The number of hydrogen-bond donors (Lipinski definition) is 1. The summed E-state index contributed by atoms with van der Waals surface area (Å²) in [6.45, 7) is 2.76. The number of rotatable bonds is 4. The van der Waals surface area contributed by atoms with E-state index in [9.17, 15) is 5.11 Å². The Hall–Kier alpha value is -0.520. The Morgan fingerprint density at radius 1 is 1.69 bits per heavy atom. The first-order valence-corrected chi connectivity index (χ1v) is 4.97. The summed E-state index contributed by atoms with van der Waals surface area (Å²) in [5.41, 5.74) is 0. The molecule has 0 bridgehead atoms. The number of hydrogen-bond acceptors (Lipinski definition) is 2. The van der Waals surface area contributed by atoms with Crippen LogP contribution < -0.4 is 0 Å². The SMILES string of the molecule is C#CCCCC(O)C1COC(C)C1. The second-order valence-corrected chi connectivity index (χ2v) is 3.80. The quantitative estimate of drug-likeness (QED) is 0.528. The van der Waals surface area contributed by atoms with E-state index in [4.69, 9.17) is 11.2 Å². The van der Waals surface area contributed by atoms with Crippen LogP contribution in [0.15, 0.2) is 0 Å².